The molecule has 3 aromatic rings. The van der Waals surface area contributed by atoms with E-state index in [9.17, 15) is 9.50 Å². The molecule has 2 heterocycles. The quantitative estimate of drug-likeness (QED) is 0.767. The third-order valence-electron chi connectivity index (χ3n) is 4.94. The van der Waals surface area contributed by atoms with Crippen LogP contribution >= 0.6 is 0 Å². The number of phenols is 1. The Labute approximate surface area is 146 Å². The molecule has 0 unspecified atom stereocenters. The highest BCUT2D eigenvalue weighted by molar-refractivity contribution is 5.86. The lowest BCUT2D eigenvalue weighted by atomic mass is 10.1. The first-order valence-electron chi connectivity index (χ1n) is 8.60. The van der Waals surface area contributed by atoms with Gasteiger partial charge in [-0.2, -0.15) is 0 Å². The second-order valence-corrected chi connectivity index (χ2v) is 6.53. The van der Waals surface area contributed by atoms with Gasteiger partial charge in [0.15, 0.2) is 0 Å². The standard InChI is InChI=1S/C20H20FN3O/c21-16-4-6-17(7-5-16)24-12-10-23(11-13-24)14-15-3-8-19(25)20-18(15)2-1-9-22-20/h1-9,25H,10-14H2/p+1. The number of fused-ring (bicyclic) bond motifs is 1. The molecule has 2 N–H and O–H groups in total. The fourth-order valence-electron chi connectivity index (χ4n) is 3.55. The highest BCUT2D eigenvalue weighted by Gasteiger charge is 2.21. The van der Waals surface area contributed by atoms with Gasteiger partial charge in [0, 0.05) is 22.8 Å². The molecule has 0 saturated carbocycles. The van der Waals surface area contributed by atoms with Crippen molar-refractivity contribution < 1.29 is 14.4 Å². The fraction of sp³-hybridized carbons (Fsp3) is 0.250. The smallest absolute Gasteiger partial charge is 0.141 e. The van der Waals surface area contributed by atoms with E-state index in [1.807, 2.05) is 30.3 Å². The Morgan fingerprint density at radius 2 is 1.80 bits per heavy atom. The van der Waals surface area contributed by atoms with Crippen LogP contribution in [-0.4, -0.2) is 36.3 Å². The van der Waals surface area contributed by atoms with Crippen LogP contribution in [0.15, 0.2) is 54.7 Å². The first-order chi connectivity index (χ1) is 12.2. The maximum absolute atomic E-state index is 13.1. The van der Waals surface area contributed by atoms with Gasteiger partial charge in [0.1, 0.15) is 23.6 Å². The summed E-state index contributed by atoms with van der Waals surface area (Å²) in [5, 5.41) is 11.0. The number of halogens is 1. The number of hydrogen-bond donors (Lipinski definition) is 2. The number of anilines is 1. The van der Waals surface area contributed by atoms with E-state index in [0.29, 0.717) is 5.52 Å². The number of rotatable bonds is 3. The Bertz CT molecular complexity index is 874. The molecule has 4 nitrogen and oxygen atoms in total. The summed E-state index contributed by atoms with van der Waals surface area (Å²) in [4.78, 5) is 8.11. The van der Waals surface area contributed by atoms with E-state index in [1.165, 1.54) is 22.6 Å². The molecule has 25 heavy (non-hydrogen) atoms. The van der Waals surface area contributed by atoms with Gasteiger partial charge in [0.25, 0.3) is 0 Å². The number of quaternary nitrogens is 1. The minimum Gasteiger partial charge on any atom is -0.506 e. The SMILES string of the molecule is Oc1ccc(C[NH+]2CCN(c3ccc(F)cc3)CC2)c2cccnc12. The predicted molar refractivity (Wildman–Crippen MR) is 96.4 cm³/mol. The Hall–Kier alpha value is -2.66. The highest BCUT2D eigenvalue weighted by atomic mass is 19.1. The number of piperazine rings is 1. The van der Waals surface area contributed by atoms with Crippen LogP contribution in [0.1, 0.15) is 5.56 Å². The Morgan fingerprint density at radius 3 is 2.56 bits per heavy atom. The molecule has 2 aromatic carbocycles. The Balaban J connectivity index is 1.45. The van der Waals surface area contributed by atoms with E-state index in [-0.39, 0.29) is 11.6 Å². The van der Waals surface area contributed by atoms with E-state index in [1.54, 1.807) is 12.3 Å². The van der Waals surface area contributed by atoms with Crippen molar-refractivity contribution >= 4 is 16.6 Å². The molecule has 1 fully saturated rings. The average molecular weight is 338 g/mol. The monoisotopic (exact) mass is 338 g/mol. The lowest BCUT2D eigenvalue weighted by Gasteiger charge is -2.33. The van der Waals surface area contributed by atoms with Crippen molar-refractivity contribution in [2.75, 3.05) is 31.1 Å². The summed E-state index contributed by atoms with van der Waals surface area (Å²) in [6, 6.07) is 14.4. The van der Waals surface area contributed by atoms with Gasteiger partial charge in [-0.15, -0.1) is 0 Å². The van der Waals surface area contributed by atoms with E-state index in [0.717, 1.165) is 43.8 Å². The number of phenolic OH excluding ortho intramolecular Hbond substituents is 1. The molecule has 1 aliphatic heterocycles. The normalized spacial score (nSPS) is 15.6. The summed E-state index contributed by atoms with van der Waals surface area (Å²) < 4.78 is 13.1. The third kappa shape index (κ3) is 3.28. The number of aromatic hydroxyl groups is 1. The molecule has 0 amide bonds. The number of aromatic nitrogens is 1. The Morgan fingerprint density at radius 1 is 1.04 bits per heavy atom. The molecule has 0 bridgehead atoms. The maximum Gasteiger partial charge on any atom is 0.141 e. The minimum absolute atomic E-state index is 0.194. The second-order valence-electron chi connectivity index (χ2n) is 6.53. The summed E-state index contributed by atoms with van der Waals surface area (Å²) in [6.07, 6.45) is 1.71. The van der Waals surface area contributed by atoms with Gasteiger partial charge in [0.2, 0.25) is 0 Å². The molecule has 1 aliphatic rings. The van der Waals surface area contributed by atoms with Gasteiger partial charge in [-0.05, 0) is 42.5 Å². The summed E-state index contributed by atoms with van der Waals surface area (Å²) in [6.45, 7) is 4.88. The summed E-state index contributed by atoms with van der Waals surface area (Å²) in [7, 11) is 0. The minimum atomic E-state index is -0.194. The van der Waals surface area contributed by atoms with Crippen LogP contribution in [-0.2, 0) is 6.54 Å². The van der Waals surface area contributed by atoms with Gasteiger partial charge in [-0.25, -0.2) is 4.39 Å². The molecule has 128 valence electrons. The van der Waals surface area contributed by atoms with Gasteiger partial charge in [-0.1, -0.05) is 6.07 Å². The Kier molecular flexibility index (Phi) is 4.24. The molecular weight excluding hydrogens is 317 g/mol. The fourth-order valence-corrected chi connectivity index (χ4v) is 3.55. The van der Waals surface area contributed by atoms with E-state index >= 15 is 0 Å². The molecule has 1 saturated heterocycles. The lowest BCUT2D eigenvalue weighted by Crippen LogP contribution is -3.13. The zero-order valence-corrected chi connectivity index (χ0v) is 14.0. The zero-order chi connectivity index (χ0) is 17.2. The maximum atomic E-state index is 13.1. The molecule has 1 aromatic heterocycles. The molecule has 5 heteroatoms. The van der Waals surface area contributed by atoms with Gasteiger partial charge in [0.05, 0.1) is 26.2 Å². The van der Waals surface area contributed by atoms with Crippen LogP contribution in [0.25, 0.3) is 10.9 Å². The molecule has 4 rings (SSSR count). The van der Waals surface area contributed by atoms with Crippen molar-refractivity contribution in [3.63, 3.8) is 0 Å². The van der Waals surface area contributed by atoms with Crippen LogP contribution < -0.4 is 9.80 Å². The van der Waals surface area contributed by atoms with Crippen molar-refractivity contribution in [3.05, 3.63) is 66.1 Å². The van der Waals surface area contributed by atoms with Crippen molar-refractivity contribution in [1.82, 2.24) is 4.98 Å². The van der Waals surface area contributed by atoms with Crippen LogP contribution in [0, 0.1) is 5.82 Å². The number of hydrogen-bond acceptors (Lipinski definition) is 3. The predicted octanol–water partition coefficient (Wildman–Crippen LogP) is 1.98. The number of pyridine rings is 1. The van der Waals surface area contributed by atoms with Crippen LogP contribution in [0.5, 0.6) is 5.75 Å². The topological polar surface area (TPSA) is 40.8 Å². The van der Waals surface area contributed by atoms with Gasteiger partial charge in [-0.3, -0.25) is 4.98 Å². The van der Waals surface area contributed by atoms with Crippen LogP contribution in [0.3, 0.4) is 0 Å². The van der Waals surface area contributed by atoms with Crippen molar-refractivity contribution in [2.45, 2.75) is 6.54 Å². The molecule has 0 spiro atoms. The van der Waals surface area contributed by atoms with Crippen molar-refractivity contribution in [2.24, 2.45) is 0 Å². The zero-order valence-electron chi connectivity index (χ0n) is 14.0. The number of nitrogens with zero attached hydrogens (tertiary/aromatic N) is 2. The highest BCUT2D eigenvalue weighted by Crippen LogP contribution is 2.25. The molecule has 0 atom stereocenters. The number of nitrogens with one attached hydrogen (secondary N) is 1. The van der Waals surface area contributed by atoms with Crippen LogP contribution in [0.2, 0.25) is 0 Å². The first kappa shape index (κ1) is 15.8. The molecular formula is C20H21FN3O+. The van der Waals surface area contributed by atoms with Crippen molar-refractivity contribution in [1.29, 1.82) is 0 Å². The van der Waals surface area contributed by atoms with Gasteiger partial charge < -0.3 is 14.9 Å². The largest absolute Gasteiger partial charge is 0.506 e. The van der Waals surface area contributed by atoms with E-state index < -0.39 is 0 Å². The summed E-state index contributed by atoms with van der Waals surface area (Å²) in [5.41, 5.74) is 2.97. The molecule has 0 aliphatic carbocycles. The lowest BCUT2D eigenvalue weighted by molar-refractivity contribution is -0.914. The summed E-state index contributed by atoms with van der Waals surface area (Å²) >= 11 is 0. The molecule has 0 radical (unpaired) electrons. The van der Waals surface area contributed by atoms with E-state index in [4.69, 9.17) is 0 Å². The first-order valence-corrected chi connectivity index (χ1v) is 8.60. The van der Waals surface area contributed by atoms with Gasteiger partial charge >= 0.3 is 0 Å². The van der Waals surface area contributed by atoms with Crippen molar-refractivity contribution in [3.8, 4) is 5.75 Å². The second kappa shape index (κ2) is 6.69. The summed E-state index contributed by atoms with van der Waals surface area (Å²) in [5.74, 6) is 0.0382. The van der Waals surface area contributed by atoms with E-state index in [2.05, 4.69) is 9.88 Å². The number of benzene rings is 2. The van der Waals surface area contributed by atoms with Crippen LogP contribution in [0.4, 0.5) is 10.1 Å². The third-order valence-corrected chi connectivity index (χ3v) is 4.94. The average Bonchev–Trinajstić information content (AvgIpc) is 2.66.